The highest BCUT2D eigenvalue weighted by atomic mass is 16.5. The predicted octanol–water partition coefficient (Wildman–Crippen LogP) is 2.31. The molecule has 0 aliphatic rings. The summed E-state index contributed by atoms with van der Waals surface area (Å²) in [7, 11) is 3.81. The Kier molecular flexibility index (Phi) is 7.15. The van der Waals surface area contributed by atoms with Gasteiger partial charge in [0.25, 0.3) is 0 Å². The van der Waals surface area contributed by atoms with E-state index < -0.39 is 0 Å². The number of likely N-dealkylation sites (N-methyl/N-ethyl adjacent to an activating group) is 1. The maximum atomic E-state index is 6.06. The standard InChI is InChI=1S/C17H30N2O2/c1-14(2)21-11-10-19(4)17(3,13-18)12-15-8-6-7-9-16(15)20-5/h6-9,14H,10-13,18H2,1-5H3. The van der Waals surface area contributed by atoms with Crippen molar-refractivity contribution in [2.24, 2.45) is 5.73 Å². The first kappa shape index (κ1) is 18.0. The van der Waals surface area contributed by atoms with E-state index in [4.69, 9.17) is 15.2 Å². The lowest BCUT2D eigenvalue weighted by molar-refractivity contribution is 0.0393. The van der Waals surface area contributed by atoms with E-state index in [1.807, 2.05) is 18.2 Å². The van der Waals surface area contributed by atoms with Gasteiger partial charge in [0, 0.05) is 18.6 Å². The lowest BCUT2D eigenvalue weighted by Gasteiger charge is -2.38. The lowest BCUT2D eigenvalue weighted by Crippen LogP contribution is -2.52. The third-order valence-corrected chi connectivity index (χ3v) is 4.00. The molecule has 4 nitrogen and oxygen atoms in total. The Labute approximate surface area is 129 Å². The van der Waals surface area contributed by atoms with Crippen LogP contribution in [0.2, 0.25) is 0 Å². The highest BCUT2D eigenvalue weighted by Crippen LogP contribution is 2.25. The average molecular weight is 294 g/mol. The molecule has 0 aliphatic carbocycles. The minimum atomic E-state index is -0.116. The summed E-state index contributed by atoms with van der Waals surface area (Å²) in [6.45, 7) is 8.46. The molecule has 1 aromatic carbocycles. The molecule has 0 saturated heterocycles. The van der Waals surface area contributed by atoms with Crippen molar-refractivity contribution in [2.45, 2.75) is 38.8 Å². The summed E-state index contributed by atoms with van der Waals surface area (Å²) in [6.07, 6.45) is 1.11. The minimum absolute atomic E-state index is 0.116. The topological polar surface area (TPSA) is 47.7 Å². The molecule has 0 spiro atoms. The van der Waals surface area contributed by atoms with Crippen LogP contribution in [0, 0.1) is 0 Å². The van der Waals surface area contributed by atoms with Crippen LogP contribution in [0.5, 0.6) is 5.75 Å². The van der Waals surface area contributed by atoms with Crippen molar-refractivity contribution in [3.8, 4) is 5.75 Å². The first-order valence-electron chi connectivity index (χ1n) is 7.57. The quantitative estimate of drug-likeness (QED) is 0.759. The highest BCUT2D eigenvalue weighted by Gasteiger charge is 2.29. The van der Waals surface area contributed by atoms with Gasteiger partial charge >= 0.3 is 0 Å². The molecule has 0 bridgehead atoms. The van der Waals surface area contributed by atoms with E-state index in [1.165, 1.54) is 5.56 Å². The van der Waals surface area contributed by atoms with E-state index in [0.717, 1.165) is 25.3 Å². The van der Waals surface area contributed by atoms with Gasteiger partial charge in [-0.3, -0.25) is 4.90 Å². The Morgan fingerprint density at radius 1 is 1.29 bits per heavy atom. The van der Waals surface area contributed by atoms with Crippen molar-refractivity contribution >= 4 is 0 Å². The molecule has 1 aromatic rings. The minimum Gasteiger partial charge on any atom is -0.496 e. The van der Waals surface area contributed by atoms with E-state index in [9.17, 15) is 0 Å². The zero-order valence-corrected chi connectivity index (χ0v) is 14.1. The van der Waals surface area contributed by atoms with Crippen LogP contribution in [0.25, 0.3) is 0 Å². The molecule has 1 unspecified atom stereocenters. The number of nitrogens with zero attached hydrogens (tertiary/aromatic N) is 1. The molecule has 4 heteroatoms. The summed E-state index contributed by atoms with van der Waals surface area (Å²) in [5.74, 6) is 0.920. The van der Waals surface area contributed by atoms with E-state index in [2.05, 4.69) is 38.8 Å². The number of para-hydroxylation sites is 1. The van der Waals surface area contributed by atoms with E-state index in [0.29, 0.717) is 6.54 Å². The van der Waals surface area contributed by atoms with Crippen LogP contribution in [0.3, 0.4) is 0 Å². The molecule has 0 aromatic heterocycles. The van der Waals surface area contributed by atoms with Crippen LogP contribution in [0.1, 0.15) is 26.3 Å². The summed E-state index contributed by atoms with van der Waals surface area (Å²) in [5.41, 5.74) is 7.12. The second-order valence-electron chi connectivity index (χ2n) is 6.03. The molecular formula is C17H30N2O2. The SMILES string of the molecule is COc1ccccc1CC(C)(CN)N(C)CCOC(C)C. The Bertz CT molecular complexity index is 423. The average Bonchev–Trinajstić information content (AvgIpc) is 2.47. The number of benzene rings is 1. The Morgan fingerprint density at radius 3 is 2.52 bits per heavy atom. The van der Waals surface area contributed by atoms with E-state index in [1.54, 1.807) is 7.11 Å². The van der Waals surface area contributed by atoms with Gasteiger partial charge in [0.1, 0.15) is 5.75 Å². The van der Waals surface area contributed by atoms with Crippen LogP contribution in [-0.4, -0.2) is 50.4 Å². The Morgan fingerprint density at radius 2 is 1.95 bits per heavy atom. The van der Waals surface area contributed by atoms with E-state index in [-0.39, 0.29) is 11.6 Å². The van der Waals surface area contributed by atoms with Gasteiger partial charge in [-0.2, -0.15) is 0 Å². The second-order valence-corrected chi connectivity index (χ2v) is 6.03. The van der Waals surface area contributed by atoms with Crippen molar-refractivity contribution in [2.75, 3.05) is 33.9 Å². The first-order valence-corrected chi connectivity index (χ1v) is 7.57. The van der Waals surface area contributed by atoms with E-state index >= 15 is 0 Å². The zero-order chi connectivity index (χ0) is 15.9. The maximum absolute atomic E-state index is 6.06. The molecule has 1 rings (SSSR count). The van der Waals surface area contributed by atoms with Gasteiger partial charge in [0.15, 0.2) is 0 Å². The van der Waals surface area contributed by atoms with Crippen molar-refractivity contribution in [1.82, 2.24) is 4.90 Å². The summed E-state index contributed by atoms with van der Waals surface area (Å²) in [6, 6.07) is 8.12. The largest absolute Gasteiger partial charge is 0.496 e. The Hall–Kier alpha value is -1.10. The molecule has 0 amide bonds. The van der Waals surface area contributed by atoms with Gasteiger partial charge in [-0.15, -0.1) is 0 Å². The Balaban J connectivity index is 2.74. The fourth-order valence-corrected chi connectivity index (χ4v) is 2.32. The molecule has 0 radical (unpaired) electrons. The zero-order valence-electron chi connectivity index (χ0n) is 14.1. The number of nitrogens with two attached hydrogens (primary N) is 1. The van der Waals surface area contributed by atoms with Crippen LogP contribution >= 0.6 is 0 Å². The monoisotopic (exact) mass is 294 g/mol. The molecule has 0 aliphatic heterocycles. The molecule has 120 valence electrons. The predicted molar refractivity (Wildman–Crippen MR) is 87.9 cm³/mol. The number of hydrogen-bond acceptors (Lipinski definition) is 4. The van der Waals surface area contributed by atoms with Crippen LogP contribution in [0.15, 0.2) is 24.3 Å². The smallest absolute Gasteiger partial charge is 0.122 e. The van der Waals surface area contributed by atoms with Crippen molar-refractivity contribution in [3.05, 3.63) is 29.8 Å². The van der Waals surface area contributed by atoms with Crippen molar-refractivity contribution < 1.29 is 9.47 Å². The van der Waals surface area contributed by atoms with Crippen LogP contribution in [0.4, 0.5) is 0 Å². The molecule has 0 heterocycles. The summed E-state index contributed by atoms with van der Waals surface area (Å²) in [5, 5.41) is 0. The van der Waals surface area contributed by atoms with Gasteiger partial charge in [-0.25, -0.2) is 0 Å². The number of hydrogen-bond donors (Lipinski definition) is 1. The van der Waals surface area contributed by atoms with Gasteiger partial charge in [0.2, 0.25) is 0 Å². The number of ether oxygens (including phenoxy) is 2. The fraction of sp³-hybridized carbons (Fsp3) is 0.647. The maximum Gasteiger partial charge on any atom is 0.122 e. The molecular weight excluding hydrogens is 264 g/mol. The second kappa shape index (κ2) is 8.37. The summed E-state index contributed by atoms with van der Waals surface area (Å²) < 4.78 is 11.1. The van der Waals surface area contributed by atoms with Crippen LogP contribution in [-0.2, 0) is 11.2 Å². The molecule has 0 fully saturated rings. The van der Waals surface area contributed by atoms with Gasteiger partial charge in [-0.05, 0) is 45.9 Å². The molecule has 1 atom stereocenters. The third kappa shape index (κ3) is 5.30. The molecule has 2 N–H and O–H groups in total. The number of methoxy groups -OCH3 is 1. The van der Waals surface area contributed by atoms with Gasteiger partial charge in [-0.1, -0.05) is 18.2 Å². The van der Waals surface area contributed by atoms with Crippen LogP contribution < -0.4 is 10.5 Å². The van der Waals surface area contributed by atoms with Crippen molar-refractivity contribution in [3.63, 3.8) is 0 Å². The van der Waals surface area contributed by atoms with Gasteiger partial charge < -0.3 is 15.2 Å². The first-order chi connectivity index (χ1) is 9.92. The normalized spacial score (nSPS) is 14.5. The van der Waals surface area contributed by atoms with Crippen molar-refractivity contribution in [1.29, 1.82) is 0 Å². The van der Waals surface area contributed by atoms with Gasteiger partial charge in [0.05, 0.1) is 19.8 Å². The number of rotatable bonds is 9. The lowest BCUT2D eigenvalue weighted by atomic mass is 9.90. The highest BCUT2D eigenvalue weighted by molar-refractivity contribution is 5.34. The fourth-order valence-electron chi connectivity index (χ4n) is 2.32. The molecule has 0 saturated carbocycles. The molecule has 21 heavy (non-hydrogen) atoms. The summed E-state index contributed by atoms with van der Waals surface area (Å²) >= 11 is 0. The summed E-state index contributed by atoms with van der Waals surface area (Å²) in [4.78, 5) is 2.28. The third-order valence-electron chi connectivity index (χ3n) is 4.00.